The molecule has 0 bridgehead atoms. The van der Waals surface area contributed by atoms with Gasteiger partial charge in [-0.05, 0) is 32.5 Å². The SMILES string of the molecule is CCNCc1sc(-c2cc(C)nc(C)c2)nc1C(C)(C)C. The number of hydrogen-bond acceptors (Lipinski definition) is 4. The lowest BCUT2D eigenvalue weighted by Gasteiger charge is -2.17. The number of aromatic nitrogens is 2. The van der Waals surface area contributed by atoms with Crippen LogP contribution in [0.1, 0.15) is 49.7 Å². The Hall–Kier alpha value is -1.26. The van der Waals surface area contributed by atoms with Crippen LogP contribution in [0.2, 0.25) is 0 Å². The van der Waals surface area contributed by atoms with Crippen molar-refractivity contribution >= 4 is 11.3 Å². The van der Waals surface area contributed by atoms with Crippen LogP contribution in [0.15, 0.2) is 12.1 Å². The third kappa shape index (κ3) is 3.89. The molecule has 2 heterocycles. The quantitative estimate of drug-likeness (QED) is 0.918. The van der Waals surface area contributed by atoms with E-state index < -0.39 is 0 Å². The molecule has 2 aromatic rings. The molecule has 0 saturated heterocycles. The predicted octanol–water partition coefficient (Wildman–Crippen LogP) is 4.23. The second-order valence-electron chi connectivity index (χ2n) is 6.46. The molecule has 114 valence electrons. The fourth-order valence-corrected chi connectivity index (χ4v) is 3.61. The number of hydrogen-bond donors (Lipinski definition) is 1. The number of thiazole rings is 1. The maximum Gasteiger partial charge on any atom is 0.124 e. The van der Waals surface area contributed by atoms with Crippen molar-refractivity contribution in [3.05, 3.63) is 34.1 Å². The summed E-state index contributed by atoms with van der Waals surface area (Å²) in [5.41, 5.74) is 4.54. The van der Waals surface area contributed by atoms with E-state index in [0.717, 1.165) is 29.5 Å². The lowest BCUT2D eigenvalue weighted by Crippen LogP contribution is -2.18. The second-order valence-corrected chi connectivity index (χ2v) is 7.54. The molecule has 0 aromatic carbocycles. The van der Waals surface area contributed by atoms with Crippen LogP contribution in [-0.4, -0.2) is 16.5 Å². The number of rotatable bonds is 4. The van der Waals surface area contributed by atoms with E-state index >= 15 is 0 Å². The average Bonchev–Trinajstić information content (AvgIpc) is 2.79. The highest BCUT2D eigenvalue weighted by Crippen LogP contribution is 2.34. The molecule has 0 amide bonds. The maximum absolute atomic E-state index is 4.94. The molecule has 1 N–H and O–H groups in total. The number of nitrogens with zero attached hydrogens (tertiary/aromatic N) is 2. The van der Waals surface area contributed by atoms with Gasteiger partial charge in [-0.2, -0.15) is 0 Å². The van der Waals surface area contributed by atoms with E-state index in [4.69, 9.17) is 4.98 Å². The first-order valence-corrected chi connectivity index (χ1v) is 8.29. The molecule has 0 atom stereocenters. The molecule has 0 aliphatic carbocycles. The third-order valence-corrected chi connectivity index (χ3v) is 4.38. The fourth-order valence-electron chi connectivity index (χ4n) is 2.38. The lowest BCUT2D eigenvalue weighted by molar-refractivity contribution is 0.561. The minimum absolute atomic E-state index is 0.0661. The Morgan fingerprint density at radius 1 is 1.10 bits per heavy atom. The summed E-state index contributed by atoms with van der Waals surface area (Å²) in [5.74, 6) is 0. The minimum atomic E-state index is 0.0661. The summed E-state index contributed by atoms with van der Waals surface area (Å²) >= 11 is 1.80. The predicted molar refractivity (Wildman–Crippen MR) is 90.9 cm³/mol. The van der Waals surface area contributed by atoms with Gasteiger partial charge in [-0.3, -0.25) is 4.98 Å². The Bertz CT molecular complexity index is 603. The minimum Gasteiger partial charge on any atom is -0.312 e. The highest BCUT2D eigenvalue weighted by Gasteiger charge is 2.23. The molecule has 21 heavy (non-hydrogen) atoms. The zero-order valence-corrected chi connectivity index (χ0v) is 14.7. The van der Waals surface area contributed by atoms with Crippen LogP contribution in [0, 0.1) is 13.8 Å². The second kappa shape index (κ2) is 6.24. The molecule has 0 aliphatic rings. The van der Waals surface area contributed by atoms with Gasteiger partial charge in [-0.1, -0.05) is 27.7 Å². The summed E-state index contributed by atoms with van der Waals surface area (Å²) < 4.78 is 0. The number of aryl methyl sites for hydroxylation is 2. The van der Waals surface area contributed by atoms with Crippen LogP contribution in [0.5, 0.6) is 0 Å². The first-order valence-electron chi connectivity index (χ1n) is 7.48. The zero-order chi connectivity index (χ0) is 15.6. The number of nitrogens with one attached hydrogen (secondary N) is 1. The van der Waals surface area contributed by atoms with E-state index in [0.29, 0.717) is 0 Å². The lowest BCUT2D eigenvalue weighted by atomic mass is 9.91. The first kappa shape index (κ1) is 16.1. The standard InChI is InChI=1S/C17H25N3S/c1-7-18-10-14-15(17(4,5)6)20-16(21-14)13-8-11(2)19-12(3)9-13/h8-9,18H,7,10H2,1-6H3. The molecule has 4 heteroatoms. The van der Waals surface area contributed by atoms with Crippen molar-refractivity contribution in [3.8, 4) is 10.6 Å². The number of pyridine rings is 1. The molecular formula is C17H25N3S. The zero-order valence-electron chi connectivity index (χ0n) is 13.9. The summed E-state index contributed by atoms with van der Waals surface area (Å²) in [6, 6.07) is 4.24. The molecule has 0 saturated carbocycles. The Labute approximate surface area is 131 Å². The fraction of sp³-hybridized carbons (Fsp3) is 0.529. The molecular weight excluding hydrogens is 278 g/mol. The summed E-state index contributed by atoms with van der Waals surface area (Å²) in [5, 5.41) is 4.52. The van der Waals surface area contributed by atoms with Crippen LogP contribution >= 0.6 is 11.3 Å². The Morgan fingerprint density at radius 2 is 1.71 bits per heavy atom. The Balaban J connectivity index is 2.47. The van der Waals surface area contributed by atoms with Crippen LogP contribution < -0.4 is 5.32 Å². The van der Waals surface area contributed by atoms with Gasteiger partial charge >= 0.3 is 0 Å². The molecule has 0 fully saturated rings. The molecule has 2 rings (SSSR count). The van der Waals surface area contributed by atoms with Crippen molar-refractivity contribution in [2.24, 2.45) is 0 Å². The van der Waals surface area contributed by atoms with E-state index in [1.165, 1.54) is 16.1 Å². The van der Waals surface area contributed by atoms with Crippen molar-refractivity contribution in [2.75, 3.05) is 6.54 Å². The molecule has 0 spiro atoms. The topological polar surface area (TPSA) is 37.8 Å². The Kier molecular flexibility index (Phi) is 4.79. The maximum atomic E-state index is 4.94. The highest BCUT2D eigenvalue weighted by molar-refractivity contribution is 7.15. The molecule has 2 aromatic heterocycles. The molecule has 0 radical (unpaired) electrons. The smallest absolute Gasteiger partial charge is 0.124 e. The normalized spacial score (nSPS) is 11.9. The average molecular weight is 303 g/mol. The molecule has 0 aliphatic heterocycles. The third-order valence-electron chi connectivity index (χ3n) is 3.27. The Morgan fingerprint density at radius 3 is 2.24 bits per heavy atom. The van der Waals surface area contributed by atoms with Crippen molar-refractivity contribution in [2.45, 2.75) is 53.5 Å². The van der Waals surface area contributed by atoms with Gasteiger partial charge in [0.25, 0.3) is 0 Å². The van der Waals surface area contributed by atoms with Gasteiger partial charge in [0.15, 0.2) is 0 Å². The van der Waals surface area contributed by atoms with Crippen LogP contribution in [0.3, 0.4) is 0 Å². The van der Waals surface area contributed by atoms with Crippen molar-refractivity contribution < 1.29 is 0 Å². The first-order chi connectivity index (χ1) is 9.81. The van der Waals surface area contributed by atoms with E-state index in [9.17, 15) is 0 Å². The van der Waals surface area contributed by atoms with Gasteiger partial charge in [0.1, 0.15) is 5.01 Å². The monoisotopic (exact) mass is 303 g/mol. The van der Waals surface area contributed by atoms with Crippen molar-refractivity contribution in [1.82, 2.24) is 15.3 Å². The summed E-state index contributed by atoms with van der Waals surface area (Å²) in [6.07, 6.45) is 0. The van der Waals surface area contributed by atoms with Crippen LogP contribution in [0.25, 0.3) is 10.6 Å². The van der Waals surface area contributed by atoms with Gasteiger partial charge < -0.3 is 5.32 Å². The van der Waals surface area contributed by atoms with E-state index in [1.54, 1.807) is 11.3 Å². The summed E-state index contributed by atoms with van der Waals surface area (Å²) in [6.45, 7) is 14.8. The van der Waals surface area contributed by atoms with Crippen molar-refractivity contribution in [3.63, 3.8) is 0 Å². The van der Waals surface area contributed by atoms with Gasteiger partial charge in [0, 0.05) is 33.8 Å². The van der Waals surface area contributed by atoms with E-state index in [-0.39, 0.29) is 5.41 Å². The highest BCUT2D eigenvalue weighted by atomic mass is 32.1. The van der Waals surface area contributed by atoms with Gasteiger partial charge in [0.2, 0.25) is 0 Å². The summed E-state index contributed by atoms with van der Waals surface area (Å²) in [4.78, 5) is 10.7. The van der Waals surface area contributed by atoms with Gasteiger partial charge in [-0.15, -0.1) is 11.3 Å². The molecule has 0 unspecified atom stereocenters. The molecule has 3 nitrogen and oxygen atoms in total. The largest absolute Gasteiger partial charge is 0.312 e. The summed E-state index contributed by atoms with van der Waals surface area (Å²) in [7, 11) is 0. The van der Waals surface area contributed by atoms with Gasteiger partial charge in [0.05, 0.1) is 5.69 Å². The van der Waals surface area contributed by atoms with Gasteiger partial charge in [-0.25, -0.2) is 4.98 Å². The van der Waals surface area contributed by atoms with Crippen molar-refractivity contribution in [1.29, 1.82) is 0 Å². The van der Waals surface area contributed by atoms with Crippen LogP contribution in [0.4, 0.5) is 0 Å². The van der Waals surface area contributed by atoms with E-state index in [1.807, 2.05) is 13.8 Å². The van der Waals surface area contributed by atoms with Crippen LogP contribution in [-0.2, 0) is 12.0 Å². The van der Waals surface area contributed by atoms with E-state index in [2.05, 4.69) is 50.1 Å².